The Labute approximate surface area is 198 Å². The van der Waals surface area contributed by atoms with Crippen LogP contribution in [0.3, 0.4) is 0 Å². The molecule has 0 spiro atoms. The third-order valence-electron chi connectivity index (χ3n) is 4.34. The van der Waals surface area contributed by atoms with Crippen LogP contribution in [0.15, 0.2) is 80.7 Å². The van der Waals surface area contributed by atoms with Gasteiger partial charge < -0.3 is 10.1 Å². The van der Waals surface area contributed by atoms with Gasteiger partial charge in [0.2, 0.25) is 9.84 Å². The van der Waals surface area contributed by atoms with Crippen molar-refractivity contribution < 1.29 is 17.9 Å². The van der Waals surface area contributed by atoms with Crippen LogP contribution >= 0.6 is 23.1 Å². The number of ether oxygens (including phenoxy) is 1. The van der Waals surface area contributed by atoms with Gasteiger partial charge in [0.25, 0.3) is 0 Å². The summed E-state index contributed by atoms with van der Waals surface area (Å²) in [6.45, 7) is 5.58. The Bertz CT molecular complexity index is 1130. The van der Waals surface area contributed by atoms with E-state index in [9.17, 15) is 13.2 Å². The summed E-state index contributed by atoms with van der Waals surface area (Å²) in [7, 11) is -3.60. The molecule has 0 aliphatic rings. The van der Waals surface area contributed by atoms with E-state index in [2.05, 4.69) is 17.4 Å². The van der Waals surface area contributed by atoms with Gasteiger partial charge in [-0.15, -0.1) is 23.1 Å². The largest absolute Gasteiger partial charge is 0.444 e. The second kappa shape index (κ2) is 10.6. The lowest BCUT2D eigenvalue weighted by molar-refractivity contribution is 0.0524. The van der Waals surface area contributed by atoms with Crippen molar-refractivity contribution in [1.29, 1.82) is 0 Å². The number of carbonyl (C=O) groups excluding carboxylic acids is 1. The lowest BCUT2D eigenvalue weighted by Crippen LogP contribution is -2.31. The molecule has 0 aliphatic carbocycles. The molecule has 1 aromatic heterocycles. The van der Waals surface area contributed by atoms with Crippen LogP contribution in [0.1, 0.15) is 31.2 Å². The van der Waals surface area contributed by atoms with Gasteiger partial charge in [-0.2, -0.15) is 0 Å². The molecule has 3 rings (SSSR count). The number of carbonyl (C=O) groups is 1. The van der Waals surface area contributed by atoms with Crippen LogP contribution in [0.25, 0.3) is 0 Å². The number of sulfone groups is 1. The molecular weight excluding hydrogens is 462 g/mol. The van der Waals surface area contributed by atoms with E-state index < -0.39 is 21.5 Å². The van der Waals surface area contributed by atoms with Gasteiger partial charge in [0.05, 0.1) is 11.4 Å². The van der Waals surface area contributed by atoms with E-state index in [-0.39, 0.29) is 15.6 Å². The van der Waals surface area contributed by atoms with Crippen LogP contribution in [-0.2, 0) is 27.5 Å². The molecular formula is C24H27NO4S3. The Balaban J connectivity index is 1.57. The molecule has 170 valence electrons. The van der Waals surface area contributed by atoms with Crippen LogP contribution in [-0.4, -0.2) is 25.9 Å². The maximum absolute atomic E-state index is 13.0. The Morgan fingerprint density at radius 1 is 1.00 bits per heavy atom. The number of aryl methyl sites for hydroxylation is 1. The highest BCUT2D eigenvalue weighted by molar-refractivity contribution is 7.99. The summed E-state index contributed by atoms with van der Waals surface area (Å²) < 4.78 is 31.4. The molecule has 0 atom stereocenters. The first-order valence-electron chi connectivity index (χ1n) is 10.2. The highest BCUT2D eigenvalue weighted by Crippen LogP contribution is 2.29. The van der Waals surface area contributed by atoms with E-state index in [0.29, 0.717) is 0 Å². The Morgan fingerprint density at radius 2 is 1.69 bits per heavy atom. The molecule has 1 amide bonds. The zero-order valence-electron chi connectivity index (χ0n) is 18.3. The highest BCUT2D eigenvalue weighted by atomic mass is 32.2. The van der Waals surface area contributed by atoms with Gasteiger partial charge >= 0.3 is 6.09 Å². The highest BCUT2D eigenvalue weighted by Gasteiger charge is 2.21. The van der Waals surface area contributed by atoms with Gasteiger partial charge in [-0.3, -0.25) is 0 Å². The SMILES string of the molecule is CC(C)(C)OC(=O)NCc1ccc(S(=O)(=O)c2ccc(SCCc3ccccc3)cc2)s1. The van der Waals surface area contributed by atoms with Gasteiger partial charge in [0, 0.05) is 15.5 Å². The Hall–Kier alpha value is -2.29. The lowest BCUT2D eigenvalue weighted by atomic mass is 10.2. The smallest absolute Gasteiger partial charge is 0.407 e. The third-order valence-corrected chi connectivity index (χ3v) is 8.70. The van der Waals surface area contributed by atoms with Crippen molar-refractivity contribution in [1.82, 2.24) is 5.32 Å². The molecule has 0 radical (unpaired) electrons. The van der Waals surface area contributed by atoms with Crippen molar-refractivity contribution >= 4 is 39.0 Å². The lowest BCUT2D eigenvalue weighted by Gasteiger charge is -2.19. The van der Waals surface area contributed by atoms with Crippen molar-refractivity contribution in [2.75, 3.05) is 5.75 Å². The second-order valence-corrected chi connectivity index (χ2v) is 12.6. The summed E-state index contributed by atoms with van der Waals surface area (Å²) in [4.78, 5) is 13.8. The first-order valence-corrected chi connectivity index (χ1v) is 13.5. The molecule has 2 aromatic carbocycles. The quantitative estimate of drug-likeness (QED) is 0.397. The Morgan fingerprint density at radius 3 is 2.34 bits per heavy atom. The first-order chi connectivity index (χ1) is 15.1. The van der Waals surface area contributed by atoms with E-state index in [1.165, 1.54) is 5.56 Å². The normalized spacial score (nSPS) is 11.8. The van der Waals surface area contributed by atoms with Gasteiger partial charge in [-0.05, 0) is 69.2 Å². The van der Waals surface area contributed by atoms with Crippen molar-refractivity contribution in [3.8, 4) is 0 Å². The summed E-state index contributed by atoms with van der Waals surface area (Å²) in [6, 6.07) is 20.6. The van der Waals surface area contributed by atoms with E-state index in [1.54, 1.807) is 56.8 Å². The number of alkyl carbamates (subject to hydrolysis) is 1. The van der Waals surface area contributed by atoms with Crippen molar-refractivity contribution in [2.45, 2.75) is 53.3 Å². The fraction of sp³-hybridized carbons (Fsp3) is 0.292. The predicted octanol–water partition coefficient (Wildman–Crippen LogP) is 5.94. The predicted molar refractivity (Wildman–Crippen MR) is 130 cm³/mol. The van der Waals surface area contributed by atoms with Crippen LogP contribution < -0.4 is 5.32 Å². The van der Waals surface area contributed by atoms with Crippen molar-refractivity contribution in [3.05, 3.63) is 77.2 Å². The number of amides is 1. The molecule has 0 bridgehead atoms. The second-order valence-electron chi connectivity index (χ2n) is 8.14. The minimum Gasteiger partial charge on any atom is -0.444 e. The summed E-state index contributed by atoms with van der Waals surface area (Å²) in [5.74, 6) is 0.926. The van der Waals surface area contributed by atoms with Crippen molar-refractivity contribution in [2.24, 2.45) is 0 Å². The number of rotatable bonds is 8. The van der Waals surface area contributed by atoms with E-state index in [0.717, 1.165) is 33.3 Å². The molecule has 5 nitrogen and oxygen atoms in total. The Kier molecular flexibility index (Phi) is 8.03. The molecule has 0 aliphatic heterocycles. The van der Waals surface area contributed by atoms with Crippen LogP contribution in [0.2, 0.25) is 0 Å². The van der Waals surface area contributed by atoms with Gasteiger partial charge in [-0.25, -0.2) is 13.2 Å². The fourth-order valence-electron chi connectivity index (χ4n) is 2.83. The number of hydrogen-bond acceptors (Lipinski definition) is 6. The summed E-state index contributed by atoms with van der Waals surface area (Å²) in [5.41, 5.74) is 0.703. The van der Waals surface area contributed by atoms with E-state index in [1.807, 2.05) is 30.3 Å². The van der Waals surface area contributed by atoms with E-state index in [4.69, 9.17) is 4.74 Å². The minimum absolute atomic E-state index is 0.214. The topological polar surface area (TPSA) is 72.5 Å². The van der Waals surface area contributed by atoms with Gasteiger partial charge in [0.1, 0.15) is 9.81 Å². The molecule has 0 saturated heterocycles. The zero-order valence-corrected chi connectivity index (χ0v) is 20.8. The molecule has 1 heterocycles. The fourth-order valence-corrected chi connectivity index (χ4v) is 6.43. The molecule has 8 heteroatoms. The van der Waals surface area contributed by atoms with Crippen molar-refractivity contribution in [3.63, 3.8) is 0 Å². The molecule has 0 fully saturated rings. The maximum Gasteiger partial charge on any atom is 0.407 e. The van der Waals surface area contributed by atoms with Gasteiger partial charge in [-0.1, -0.05) is 30.3 Å². The number of nitrogens with one attached hydrogen (secondary N) is 1. The summed E-state index contributed by atoms with van der Waals surface area (Å²) in [6.07, 6.45) is 0.427. The molecule has 1 N–H and O–H groups in total. The number of thiophene rings is 1. The average molecular weight is 490 g/mol. The standard InChI is InChI=1S/C24H27NO4S3/c1-24(2,3)29-23(26)25-17-20-11-14-22(31-20)32(27,28)21-12-9-19(10-13-21)30-16-15-18-7-5-4-6-8-18/h4-14H,15-17H2,1-3H3,(H,25,26). The molecule has 32 heavy (non-hydrogen) atoms. The summed E-state index contributed by atoms with van der Waals surface area (Å²) in [5, 5.41) is 2.65. The molecule has 0 unspecified atom stereocenters. The zero-order chi connectivity index (χ0) is 23.2. The van der Waals surface area contributed by atoms with Crippen LogP contribution in [0.4, 0.5) is 4.79 Å². The maximum atomic E-state index is 13.0. The monoisotopic (exact) mass is 489 g/mol. The van der Waals surface area contributed by atoms with Crippen LogP contribution in [0, 0.1) is 0 Å². The number of benzene rings is 2. The number of thioether (sulfide) groups is 1. The molecule has 3 aromatic rings. The molecule has 0 saturated carbocycles. The van der Waals surface area contributed by atoms with E-state index >= 15 is 0 Å². The minimum atomic E-state index is -3.60. The van der Waals surface area contributed by atoms with Gasteiger partial charge in [0.15, 0.2) is 0 Å². The first kappa shape index (κ1) is 24.4. The average Bonchev–Trinajstić information content (AvgIpc) is 3.22. The number of hydrogen-bond donors (Lipinski definition) is 1. The third kappa shape index (κ3) is 7.12. The van der Waals surface area contributed by atoms with Crippen LogP contribution in [0.5, 0.6) is 0 Å². The summed E-state index contributed by atoms with van der Waals surface area (Å²) >= 11 is 2.85.